The van der Waals surface area contributed by atoms with Crippen molar-refractivity contribution < 1.29 is 4.42 Å². The molecule has 0 spiro atoms. The van der Waals surface area contributed by atoms with Gasteiger partial charge in [-0.3, -0.25) is 0 Å². The van der Waals surface area contributed by atoms with E-state index in [1.165, 1.54) is 11.1 Å². The van der Waals surface area contributed by atoms with Crippen LogP contribution in [0.15, 0.2) is 22.6 Å². The zero-order valence-electron chi connectivity index (χ0n) is 11.3. The van der Waals surface area contributed by atoms with E-state index in [2.05, 4.69) is 54.5 Å². The van der Waals surface area contributed by atoms with Gasteiger partial charge in [0.05, 0.1) is 6.04 Å². The van der Waals surface area contributed by atoms with Crippen molar-refractivity contribution in [3.8, 4) is 11.5 Å². The highest BCUT2D eigenvalue weighted by Gasteiger charge is 2.14. The van der Waals surface area contributed by atoms with Gasteiger partial charge >= 0.3 is 0 Å². The third-order valence-corrected chi connectivity index (χ3v) is 2.79. The Balaban J connectivity index is 2.29. The van der Waals surface area contributed by atoms with Gasteiger partial charge in [0, 0.05) is 5.56 Å². The highest BCUT2D eigenvalue weighted by atomic mass is 16.4. The predicted molar refractivity (Wildman–Crippen MR) is 71.3 cm³/mol. The van der Waals surface area contributed by atoms with Crippen LogP contribution in [0.2, 0.25) is 0 Å². The average molecular weight is 245 g/mol. The van der Waals surface area contributed by atoms with Crippen molar-refractivity contribution in [3.05, 3.63) is 35.2 Å². The molecule has 0 aliphatic carbocycles. The molecular weight excluding hydrogens is 226 g/mol. The number of aromatic nitrogens is 2. The maximum Gasteiger partial charge on any atom is 0.247 e. The topological polar surface area (TPSA) is 51.0 Å². The quantitative estimate of drug-likeness (QED) is 0.899. The van der Waals surface area contributed by atoms with Crippen molar-refractivity contribution in [2.45, 2.75) is 33.7 Å². The molecule has 4 heteroatoms. The smallest absolute Gasteiger partial charge is 0.247 e. The second-order valence-corrected chi connectivity index (χ2v) is 4.60. The molecule has 2 rings (SSSR count). The highest BCUT2D eigenvalue weighted by Crippen LogP contribution is 2.22. The van der Waals surface area contributed by atoms with Crippen LogP contribution < -0.4 is 5.32 Å². The van der Waals surface area contributed by atoms with Crippen molar-refractivity contribution in [1.29, 1.82) is 0 Å². The first-order valence-electron chi connectivity index (χ1n) is 6.25. The first-order chi connectivity index (χ1) is 8.60. The van der Waals surface area contributed by atoms with Gasteiger partial charge in [-0.25, -0.2) is 0 Å². The molecule has 0 saturated carbocycles. The van der Waals surface area contributed by atoms with E-state index in [9.17, 15) is 0 Å². The van der Waals surface area contributed by atoms with Gasteiger partial charge in [-0.2, -0.15) is 0 Å². The van der Waals surface area contributed by atoms with Gasteiger partial charge in [-0.15, -0.1) is 10.2 Å². The fourth-order valence-electron chi connectivity index (χ4n) is 2.02. The summed E-state index contributed by atoms with van der Waals surface area (Å²) in [6.45, 7) is 9.08. The number of hydrogen-bond donors (Lipinski definition) is 1. The molecule has 0 saturated heterocycles. The van der Waals surface area contributed by atoms with Gasteiger partial charge in [0.15, 0.2) is 0 Å². The summed E-state index contributed by atoms with van der Waals surface area (Å²) < 4.78 is 5.71. The molecule has 18 heavy (non-hydrogen) atoms. The van der Waals surface area contributed by atoms with Crippen molar-refractivity contribution in [1.82, 2.24) is 15.5 Å². The van der Waals surface area contributed by atoms with E-state index in [0.717, 1.165) is 12.1 Å². The fraction of sp³-hybridized carbons (Fsp3) is 0.429. The molecule has 1 heterocycles. The van der Waals surface area contributed by atoms with Crippen LogP contribution in [0.3, 0.4) is 0 Å². The molecule has 0 amide bonds. The molecule has 0 bridgehead atoms. The Morgan fingerprint density at radius 2 is 1.83 bits per heavy atom. The van der Waals surface area contributed by atoms with Crippen LogP contribution in [0.4, 0.5) is 0 Å². The van der Waals surface area contributed by atoms with Gasteiger partial charge in [-0.05, 0) is 39.4 Å². The summed E-state index contributed by atoms with van der Waals surface area (Å²) in [6, 6.07) is 6.33. The zero-order valence-corrected chi connectivity index (χ0v) is 11.3. The number of benzene rings is 1. The number of nitrogens with one attached hydrogen (secondary N) is 1. The lowest BCUT2D eigenvalue weighted by Crippen LogP contribution is -2.17. The first-order valence-corrected chi connectivity index (χ1v) is 6.25. The maximum absolute atomic E-state index is 5.71. The van der Waals surface area contributed by atoms with Crippen LogP contribution in [0, 0.1) is 13.8 Å². The summed E-state index contributed by atoms with van der Waals surface area (Å²) >= 11 is 0. The van der Waals surface area contributed by atoms with E-state index >= 15 is 0 Å². The maximum atomic E-state index is 5.71. The van der Waals surface area contributed by atoms with E-state index in [-0.39, 0.29) is 6.04 Å². The van der Waals surface area contributed by atoms with Gasteiger partial charge < -0.3 is 9.73 Å². The van der Waals surface area contributed by atoms with Crippen LogP contribution in [0.25, 0.3) is 11.5 Å². The van der Waals surface area contributed by atoms with Gasteiger partial charge in [0.25, 0.3) is 0 Å². The lowest BCUT2D eigenvalue weighted by molar-refractivity contribution is 0.429. The Labute approximate surface area is 107 Å². The number of hydrogen-bond acceptors (Lipinski definition) is 4. The molecule has 1 aromatic heterocycles. The standard InChI is InChI=1S/C14H19N3O/c1-5-15-11(4)13-16-17-14(18-13)12-7-9(2)6-10(3)8-12/h6-8,11,15H,5H2,1-4H3. The molecule has 1 unspecified atom stereocenters. The molecule has 0 radical (unpaired) electrons. The Kier molecular flexibility index (Phi) is 3.77. The third-order valence-electron chi connectivity index (χ3n) is 2.79. The monoisotopic (exact) mass is 245 g/mol. The molecule has 1 N–H and O–H groups in total. The zero-order chi connectivity index (χ0) is 13.1. The Bertz CT molecular complexity index is 513. The van der Waals surface area contributed by atoms with Crippen LogP contribution >= 0.6 is 0 Å². The lowest BCUT2D eigenvalue weighted by atomic mass is 10.1. The van der Waals surface area contributed by atoms with Crippen molar-refractivity contribution in [3.63, 3.8) is 0 Å². The molecule has 96 valence electrons. The largest absolute Gasteiger partial charge is 0.419 e. The van der Waals surface area contributed by atoms with Crippen molar-refractivity contribution in [2.75, 3.05) is 6.54 Å². The van der Waals surface area contributed by atoms with E-state index in [1.54, 1.807) is 0 Å². The fourth-order valence-corrected chi connectivity index (χ4v) is 2.02. The van der Waals surface area contributed by atoms with Gasteiger partial charge in [0.1, 0.15) is 0 Å². The molecule has 0 fully saturated rings. The van der Waals surface area contributed by atoms with E-state index in [0.29, 0.717) is 11.8 Å². The second kappa shape index (κ2) is 5.31. The van der Waals surface area contributed by atoms with Crippen LogP contribution in [0.1, 0.15) is 36.9 Å². The van der Waals surface area contributed by atoms with Crippen LogP contribution in [0.5, 0.6) is 0 Å². The summed E-state index contributed by atoms with van der Waals surface area (Å²) in [5.41, 5.74) is 3.38. The lowest BCUT2D eigenvalue weighted by Gasteiger charge is -2.06. The highest BCUT2D eigenvalue weighted by molar-refractivity contribution is 5.55. The minimum Gasteiger partial charge on any atom is -0.419 e. The van der Waals surface area contributed by atoms with Crippen molar-refractivity contribution in [2.24, 2.45) is 0 Å². The second-order valence-electron chi connectivity index (χ2n) is 4.60. The van der Waals surface area contributed by atoms with Crippen molar-refractivity contribution >= 4 is 0 Å². The minimum absolute atomic E-state index is 0.0853. The Morgan fingerprint density at radius 1 is 1.17 bits per heavy atom. The summed E-state index contributed by atoms with van der Waals surface area (Å²) in [6.07, 6.45) is 0. The molecule has 0 aliphatic rings. The van der Waals surface area contributed by atoms with E-state index in [1.807, 2.05) is 6.92 Å². The third kappa shape index (κ3) is 2.76. The molecule has 0 aliphatic heterocycles. The van der Waals surface area contributed by atoms with Crippen LogP contribution in [-0.2, 0) is 0 Å². The number of aryl methyl sites for hydroxylation is 2. The normalized spacial score (nSPS) is 12.7. The Hall–Kier alpha value is -1.68. The molecular formula is C14H19N3O. The number of nitrogens with zero attached hydrogens (tertiary/aromatic N) is 2. The summed E-state index contributed by atoms with van der Waals surface area (Å²) in [7, 11) is 0. The predicted octanol–water partition coefficient (Wildman–Crippen LogP) is 3.02. The minimum atomic E-state index is 0.0853. The SMILES string of the molecule is CCNC(C)c1nnc(-c2cc(C)cc(C)c2)o1. The Morgan fingerprint density at radius 3 is 2.44 bits per heavy atom. The average Bonchev–Trinajstić information content (AvgIpc) is 2.77. The molecule has 4 nitrogen and oxygen atoms in total. The first kappa shape index (κ1) is 12.8. The molecule has 1 aromatic carbocycles. The van der Waals surface area contributed by atoms with Crippen LogP contribution in [-0.4, -0.2) is 16.7 Å². The number of rotatable bonds is 4. The van der Waals surface area contributed by atoms with Gasteiger partial charge in [-0.1, -0.05) is 24.1 Å². The molecule has 1 atom stereocenters. The summed E-state index contributed by atoms with van der Waals surface area (Å²) in [5, 5.41) is 11.5. The van der Waals surface area contributed by atoms with E-state index < -0.39 is 0 Å². The van der Waals surface area contributed by atoms with E-state index in [4.69, 9.17) is 4.42 Å². The van der Waals surface area contributed by atoms with Gasteiger partial charge in [0.2, 0.25) is 11.8 Å². The summed E-state index contributed by atoms with van der Waals surface area (Å²) in [4.78, 5) is 0. The summed E-state index contributed by atoms with van der Waals surface area (Å²) in [5.74, 6) is 1.22. The molecule has 2 aromatic rings.